The molecule has 0 aliphatic heterocycles. The molecule has 0 aliphatic rings. The van der Waals surface area contributed by atoms with Crippen molar-refractivity contribution in [1.82, 2.24) is 0 Å². The highest BCUT2D eigenvalue weighted by Gasteiger charge is 2.28. The number of carbonyl (C=O) groups is 1. The SMILES string of the molecule is O=C(Oc1c(F)c(F)c(F)c(F)c1F)c1ccc2ccoc2c1. The van der Waals surface area contributed by atoms with Crippen molar-refractivity contribution in [2.24, 2.45) is 0 Å². The summed E-state index contributed by atoms with van der Waals surface area (Å²) in [6.07, 6.45) is 1.35. The fourth-order valence-corrected chi connectivity index (χ4v) is 1.91. The molecule has 0 saturated heterocycles. The van der Waals surface area contributed by atoms with E-state index in [0.29, 0.717) is 5.39 Å². The van der Waals surface area contributed by atoms with Crippen LogP contribution >= 0.6 is 0 Å². The number of furan rings is 1. The van der Waals surface area contributed by atoms with Gasteiger partial charge in [0.1, 0.15) is 5.58 Å². The number of rotatable bonds is 2. The van der Waals surface area contributed by atoms with Gasteiger partial charge in [-0.1, -0.05) is 6.07 Å². The van der Waals surface area contributed by atoms with Crippen LogP contribution in [-0.4, -0.2) is 5.97 Å². The van der Waals surface area contributed by atoms with Crippen LogP contribution in [0.3, 0.4) is 0 Å². The average Bonchev–Trinajstić information content (AvgIpc) is 3.02. The second-order valence-electron chi connectivity index (χ2n) is 4.46. The van der Waals surface area contributed by atoms with E-state index in [1.807, 2.05) is 0 Å². The number of carbonyl (C=O) groups excluding carboxylic acids is 1. The maximum Gasteiger partial charge on any atom is 0.343 e. The van der Waals surface area contributed by atoms with Gasteiger partial charge in [-0.05, 0) is 18.2 Å². The Balaban J connectivity index is 2.00. The number of fused-ring (bicyclic) bond motifs is 1. The lowest BCUT2D eigenvalue weighted by atomic mass is 10.2. The van der Waals surface area contributed by atoms with Crippen molar-refractivity contribution in [3.8, 4) is 5.75 Å². The van der Waals surface area contributed by atoms with Gasteiger partial charge in [-0.25, -0.2) is 18.0 Å². The average molecular weight is 328 g/mol. The Labute approximate surface area is 124 Å². The van der Waals surface area contributed by atoms with Crippen LogP contribution in [0.1, 0.15) is 10.4 Å². The third-order valence-corrected chi connectivity index (χ3v) is 3.06. The van der Waals surface area contributed by atoms with Crippen LogP contribution in [0.5, 0.6) is 5.75 Å². The molecular weight excluding hydrogens is 323 g/mol. The molecule has 8 heteroatoms. The lowest BCUT2D eigenvalue weighted by Gasteiger charge is -2.08. The van der Waals surface area contributed by atoms with Crippen molar-refractivity contribution >= 4 is 16.9 Å². The van der Waals surface area contributed by atoms with Crippen molar-refractivity contribution in [1.29, 1.82) is 0 Å². The van der Waals surface area contributed by atoms with Crippen LogP contribution in [0, 0.1) is 29.1 Å². The van der Waals surface area contributed by atoms with Crippen molar-refractivity contribution in [3.05, 3.63) is 65.2 Å². The smallest absolute Gasteiger partial charge is 0.343 e. The topological polar surface area (TPSA) is 39.4 Å². The molecule has 0 amide bonds. The zero-order chi connectivity index (χ0) is 16.7. The van der Waals surface area contributed by atoms with Crippen LogP contribution in [0.2, 0.25) is 0 Å². The van der Waals surface area contributed by atoms with Gasteiger partial charge in [0.2, 0.25) is 34.8 Å². The van der Waals surface area contributed by atoms with Crippen molar-refractivity contribution < 1.29 is 35.9 Å². The van der Waals surface area contributed by atoms with Crippen molar-refractivity contribution in [2.75, 3.05) is 0 Å². The summed E-state index contributed by atoms with van der Waals surface area (Å²) in [5.41, 5.74) is 0.105. The van der Waals surface area contributed by atoms with Gasteiger partial charge in [-0.2, -0.15) is 8.78 Å². The van der Waals surface area contributed by atoms with Gasteiger partial charge in [0.15, 0.2) is 0 Å². The van der Waals surface area contributed by atoms with Crippen LogP contribution in [0.15, 0.2) is 34.9 Å². The molecule has 3 aromatic rings. The molecule has 1 aromatic heterocycles. The standard InChI is InChI=1S/C15H5F5O3/c16-9-10(17)12(19)14(13(20)11(9)18)23-15(21)7-2-1-6-3-4-22-8(6)5-7/h1-5H. The molecule has 1 heterocycles. The van der Waals surface area contributed by atoms with Crippen LogP contribution in [0.4, 0.5) is 22.0 Å². The molecule has 3 rings (SSSR count). The van der Waals surface area contributed by atoms with E-state index in [0.717, 1.165) is 0 Å². The Morgan fingerprint density at radius 3 is 2.13 bits per heavy atom. The summed E-state index contributed by atoms with van der Waals surface area (Å²) in [6, 6.07) is 5.54. The van der Waals surface area contributed by atoms with Gasteiger partial charge in [0.25, 0.3) is 0 Å². The minimum atomic E-state index is -2.34. The highest BCUT2D eigenvalue weighted by atomic mass is 19.2. The predicted octanol–water partition coefficient (Wildman–Crippen LogP) is 4.35. The molecule has 0 spiro atoms. The van der Waals surface area contributed by atoms with Gasteiger partial charge < -0.3 is 9.15 Å². The van der Waals surface area contributed by atoms with E-state index >= 15 is 0 Å². The van der Waals surface area contributed by atoms with Gasteiger partial charge in [-0.3, -0.25) is 0 Å². The van der Waals surface area contributed by atoms with Crippen molar-refractivity contribution in [2.45, 2.75) is 0 Å². The third-order valence-electron chi connectivity index (χ3n) is 3.06. The molecule has 2 aromatic carbocycles. The van der Waals surface area contributed by atoms with E-state index in [9.17, 15) is 26.7 Å². The predicted molar refractivity (Wildman–Crippen MR) is 67.4 cm³/mol. The maximum absolute atomic E-state index is 13.5. The number of hydrogen-bond donors (Lipinski definition) is 0. The first-order valence-corrected chi connectivity index (χ1v) is 6.11. The minimum absolute atomic E-state index is 0.184. The van der Waals surface area contributed by atoms with Crippen LogP contribution in [-0.2, 0) is 0 Å². The summed E-state index contributed by atoms with van der Waals surface area (Å²) in [5.74, 6) is -14.2. The Kier molecular flexibility index (Phi) is 3.51. The zero-order valence-corrected chi connectivity index (χ0v) is 11.0. The Morgan fingerprint density at radius 1 is 0.870 bits per heavy atom. The summed E-state index contributed by atoms with van der Waals surface area (Å²) in [6.45, 7) is 0. The summed E-state index contributed by atoms with van der Waals surface area (Å²) >= 11 is 0. The maximum atomic E-state index is 13.5. The Morgan fingerprint density at radius 2 is 1.48 bits per heavy atom. The number of esters is 1. The second kappa shape index (κ2) is 5.38. The first kappa shape index (κ1) is 15.0. The number of halogens is 5. The normalized spacial score (nSPS) is 11.0. The van der Waals surface area contributed by atoms with Gasteiger partial charge >= 0.3 is 5.97 Å². The molecule has 0 radical (unpaired) electrons. The molecule has 23 heavy (non-hydrogen) atoms. The van der Waals surface area contributed by atoms with Crippen LogP contribution in [0.25, 0.3) is 11.0 Å². The summed E-state index contributed by atoms with van der Waals surface area (Å²) in [4.78, 5) is 11.9. The molecule has 0 bridgehead atoms. The fraction of sp³-hybridized carbons (Fsp3) is 0. The minimum Gasteiger partial charge on any atom is -0.464 e. The number of hydrogen-bond acceptors (Lipinski definition) is 3. The Hall–Kier alpha value is -2.90. The van der Waals surface area contributed by atoms with Crippen LogP contribution < -0.4 is 4.74 Å². The molecule has 0 N–H and O–H groups in total. The van der Waals surface area contributed by atoms with E-state index in [1.165, 1.54) is 24.5 Å². The summed E-state index contributed by atoms with van der Waals surface area (Å²) in [7, 11) is 0. The molecule has 0 unspecified atom stereocenters. The van der Waals surface area contributed by atoms with E-state index < -0.39 is 40.8 Å². The molecule has 0 fully saturated rings. The summed E-state index contributed by atoms with van der Waals surface area (Å²) in [5, 5.41) is 0.651. The van der Waals surface area contributed by atoms with Crippen molar-refractivity contribution in [3.63, 3.8) is 0 Å². The third kappa shape index (κ3) is 2.41. The zero-order valence-electron chi connectivity index (χ0n) is 11.0. The first-order chi connectivity index (χ1) is 10.9. The molecule has 3 nitrogen and oxygen atoms in total. The largest absolute Gasteiger partial charge is 0.464 e. The molecule has 0 aliphatic carbocycles. The van der Waals surface area contributed by atoms with E-state index in [2.05, 4.69) is 4.74 Å². The van der Waals surface area contributed by atoms with Gasteiger partial charge in [0, 0.05) is 5.39 Å². The van der Waals surface area contributed by atoms with Gasteiger partial charge in [-0.15, -0.1) is 0 Å². The molecule has 0 atom stereocenters. The second-order valence-corrected chi connectivity index (χ2v) is 4.46. The summed E-state index contributed by atoms with van der Waals surface area (Å²) < 4.78 is 75.3. The molecular formula is C15H5F5O3. The number of benzene rings is 2. The first-order valence-electron chi connectivity index (χ1n) is 6.11. The fourth-order valence-electron chi connectivity index (χ4n) is 1.91. The van der Waals surface area contributed by atoms with E-state index in [4.69, 9.17) is 4.42 Å². The lowest BCUT2D eigenvalue weighted by Crippen LogP contribution is -2.13. The quantitative estimate of drug-likeness (QED) is 0.231. The van der Waals surface area contributed by atoms with Gasteiger partial charge in [0.05, 0.1) is 11.8 Å². The number of ether oxygens (including phenoxy) is 1. The monoisotopic (exact) mass is 328 g/mol. The van der Waals surface area contributed by atoms with E-state index in [-0.39, 0.29) is 11.1 Å². The highest BCUT2D eigenvalue weighted by molar-refractivity contribution is 5.95. The lowest BCUT2D eigenvalue weighted by molar-refractivity contribution is 0.0716. The Bertz CT molecular complexity index is 903. The molecule has 118 valence electrons. The van der Waals surface area contributed by atoms with E-state index in [1.54, 1.807) is 6.07 Å². The molecule has 0 saturated carbocycles. The highest BCUT2D eigenvalue weighted by Crippen LogP contribution is 2.30.